The first kappa shape index (κ1) is 16.7. The highest BCUT2D eigenvalue weighted by Gasteiger charge is 2.27. The number of aromatic nitrogens is 2. The summed E-state index contributed by atoms with van der Waals surface area (Å²) >= 11 is 0. The fourth-order valence-electron chi connectivity index (χ4n) is 3.38. The molecule has 1 fully saturated rings. The van der Waals surface area contributed by atoms with E-state index in [1.807, 2.05) is 11.6 Å². The maximum atomic E-state index is 11.9. The molecule has 7 nitrogen and oxygen atoms in total. The van der Waals surface area contributed by atoms with Gasteiger partial charge in [0, 0.05) is 50.7 Å². The van der Waals surface area contributed by atoms with E-state index in [0.29, 0.717) is 25.0 Å². The number of aryl methyl sites for hydroxylation is 1. The minimum atomic E-state index is -3.03. The summed E-state index contributed by atoms with van der Waals surface area (Å²) in [6, 6.07) is 2.49. The van der Waals surface area contributed by atoms with Gasteiger partial charge in [-0.15, -0.1) is 0 Å². The number of piperidine rings is 1. The van der Waals surface area contributed by atoms with Crippen molar-refractivity contribution >= 4 is 15.8 Å². The summed E-state index contributed by atoms with van der Waals surface area (Å²) in [6.45, 7) is 7.84. The minimum absolute atomic E-state index is 0.199. The van der Waals surface area contributed by atoms with Gasteiger partial charge >= 0.3 is 0 Å². The largest absolute Gasteiger partial charge is 0.370 e. The van der Waals surface area contributed by atoms with Crippen molar-refractivity contribution in [2.45, 2.75) is 39.3 Å². The highest BCUT2D eigenvalue weighted by molar-refractivity contribution is 7.89. The lowest BCUT2D eigenvalue weighted by Crippen LogP contribution is -2.47. The number of sulfonamides is 1. The third-order valence-corrected chi connectivity index (χ3v) is 6.69. The van der Waals surface area contributed by atoms with Gasteiger partial charge in [-0.1, -0.05) is 0 Å². The maximum Gasteiger partial charge on any atom is 0.213 e. The van der Waals surface area contributed by atoms with Gasteiger partial charge in [0.1, 0.15) is 5.82 Å². The second-order valence-corrected chi connectivity index (χ2v) is 8.84. The fraction of sp³-hybridized carbons (Fsp3) is 0.800. The molecule has 2 N–H and O–H groups in total. The number of fused-ring (bicyclic) bond motifs is 1. The summed E-state index contributed by atoms with van der Waals surface area (Å²) in [5.41, 5.74) is 1.05. The first-order valence-corrected chi connectivity index (χ1v) is 10.1. The Morgan fingerprint density at radius 3 is 2.83 bits per heavy atom. The average molecular weight is 341 g/mol. The van der Waals surface area contributed by atoms with E-state index in [1.165, 1.54) is 0 Å². The molecule has 2 aliphatic rings. The molecule has 0 unspecified atom stereocenters. The van der Waals surface area contributed by atoms with Crippen molar-refractivity contribution in [3.05, 3.63) is 11.8 Å². The number of nitrogens with zero attached hydrogens (tertiary/aromatic N) is 3. The van der Waals surface area contributed by atoms with Crippen LogP contribution >= 0.6 is 0 Å². The third-order valence-electron chi connectivity index (χ3n) is 4.81. The Morgan fingerprint density at radius 2 is 2.13 bits per heavy atom. The molecule has 0 amide bonds. The Hall–Kier alpha value is -1.12. The molecule has 0 spiro atoms. The number of rotatable bonds is 5. The molecule has 8 heteroatoms. The van der Waals surface area contributed by atoms with E-state index in [-0.39, 0.29) is 5.75 Å². The van der Waals surface area contributed by atoms with Gasteiger partial charge < -0.3 is 10.6 Å². The fourth-order valence-corrected chi connectivity index (χ4v) is 4.51. The van der Waals surface area contributed by atoms with Crippen LogP contribution in [0.15, 0.2) is 6.07 Å². The second kappa shape index (κ2) is 6.78. The van der Waals surface area contributed by atoms with Gasteiger partial charge in [0.25, 0.3) is 0 Å². The molecule has 0 aromatic carbocycles. The number of hydrogen-bond acceptors (Lipinski definition) is 5. The Bertz CT molecular complexity index is 634. The summed E-state index contributed by atoms with van der Waals surface area (Å²) in [5, 5.41) is 11.5. The third kappa shape index (κ3) is 3.87. The normalized spacial score (nSPS) is 23.5. The van der Waals surface area contributed by atoms with Gasteiger partial charge in [0.15, 0.2) is 0 Å². The lowest BCUT2D eigenvalue weighted by Gasteiger charge is -2.33. The zero-order valence-corrected chi connectivity index (χ0v) is 14.8. The van der Waals surface area contributed by atoms with Crippen molar-refractivity contribution in [3.8, 4) is 0 Å². The smallest absolute Gasteiger partial charge is 0.213 e. The van der Waals surface area contributed by atoms with Crippen LogP contribution in [0.2, 0.25) is 0 Å². The molecule has 23 heavy (non-hydrogen) atoms. The van der Waals surface area contributed by atoms with E-state index in [0.717, 1.165) is 44.0 Å². The van der Waals surface area contributed by atoms with Crippen molar-refractivity contribution in [3.63, 3.8) is 0 Å². The Balaban J connectivity index is 1.44. The predicted molar refractivity (Wildman–Crippen MR) is 91.0 cm³/mol. The molecule has 3 rings (SSSR count). The van der Waals surface area contributed by atoms with E-state index in [2.05, 4.69) is 21.8 Å². The molecule has 1 atom stereocenters. The van der Waals surface area contributed by atoms with Crippen LogP contribution in [0.1, 0.15) is 25.5 Å². The SMILES string of the molecule is CCS(=O)(=O)N1CCC(NC[C@H]2CNc3cc(C)nn3C2)CC1. The molecule has 3 heterocycles. The standard InChI is InChI=1S/C15H27N5O2S/c1-3-23(21,22)19-6-4-14(5-7-19)16-9-13-10-17-15-8-12(2)18-20(15)11-13/h8,13-14,16-17H,3-7,9-11H2,1-2H3/t13-/m0/s1. The predicted octanol–water partition coefficient (Wildman–Crippen LogP) is 0.637. The lowest BCUT2D eigenvalue weighted by atomic mass is 10.0. The molecule has 0 bridgehead atoms. The number of anilines is 1. The molecule has 2 aliphatic heterocycles. The van der Waals surface area contributed by atoms with Gasteiger partial charge in [-0.2, -0.15) is 5.10 Å². The monoisotopic (exact) mass is 341 g/mol. The van der Waals surface area contributed by atoms with Crippen LogP contribution in [-0.4, -0.2) is 60.5 Å². The summed E-state index contributed by atoms with van der Waals surface area (Å²) in [6.07, 6.45) is 1.79. The Morgan fingerprint density at radius 1 is 1.39 bits per heavy atom. The van der Waals surface area contributed by atoms with Crippen molar-refractivity contribution in [2.75, 3.05) is 37.2 Å². The first-order valence-electron chi connectivity index (χ1n) is 8.47. The van der Waals surface area contributed by atoms with E-state index in [4.69, 9.17) is 0 Å². The van der Waals surface area contributed by atoms with E-state index in [9.17, 15) is 8.42 Å². The van der Waals surface area contributed by atoms with E-state index in [1.54, 1.807) is 11.2 Å². The average Bonchev–Trinajstić information content (AvgIpc) is 2.92. The van der Waals surface area contributed by atoms with Crippen molar-refractivity contribution < 1.29 is 8.42 Å². The minimum Gasteiger partial charge on any atom is -0.370 e. The summed E-state index contributed by atoms with van der Waals surface area (Å²) in [4.78, 5) is 0. The number of nitrogens with one attached hydrogen (secondary N) is 2. The van der Waals surface area contributed by atoms with Gasteiger partial charge in [-0.25, -0.2) is 17.4 Å². The zero-order valence-electron chi connectivity index (χ0n) is 14.0. The van der Waals surface area contributed by atoms with E-state index >= 15 is 0 Å². The zero-order chi connectivity index (χ0) is 16.4. The highest BCUT2D eigenvalue weighted by atomic mass is 32.2. The summed E-state index contributed by atoms with van der Waals surface area (Å²) in [5.74, 6) is 1.82. The van der Waals surface area contributed by atoms with Gasteiger partial charge in [0.2, 0.25) is 10.0 Å². The van der Waals surface area contributed by atoms with Crippen LogP contribution in [-0.2, 0) is 16.6 Å². The van der Waals surface area contributed by atoms with Gasteiger partial charge in [-0.3, -0.25) is 0 Å². The Kier molecular flexibility index (Phi) is 4.93. The topological polar surface area (TPSA) is 79.3 Å². The van der Waals surface area contributed by atoms with E-state index < -0.39 is 10.0 Å². The molecule has 130 valence electrons. The van der Waals surface area contributed by atoms with Crippen LogP contribution in [0, 0.1) is 12.8 Å². The molecule has 1 aromatic heterocycles. The Labute approximate surface area is 138 Å². The summed E-state index contributed by atoms with van der Waals surface area (Å²) < 4.78 is 27.4. The van der Waals surface area contributed by atoms with Crippen molar-refractivity contribution in [1.82, 2.24) is 19.4 Å². The molecule has 0 saturated carbocycles. The molecule has 0 aliphatic carbocycles. The molecule has 1 aromatic rings. The second-order valence-electron chi connectivity index (χ2n) is 6.58. The van der Waals surface area contributed by atoms with Crippen molar-refractivity contribution in [2.24, 2.45) is 5.92 Å². The first-order chi connectivity index (χ1) is 11.0. The van der Waals surface area contributed by atoms with Gasteiger partial charge in [-0.05, 0) is 26.7 Å². The maximum absolute atomic E-state index is 11.9. The van der Waals surface area contributed by atoms with Gasteiger partial charge in [0.05, 0.1) is 11.4 Å². The molecular formula is C15H27N5O2S. The van der Waals surface area contributed by atoms with Crippen LogP contribution in [0.25, 0.3) is 0 Å². The van der Waals surface area contributed by atoms with Crippen LogP contribution in [0.5, 0.6) is 0 Å². The molecule has 1 saturated heterocycles. The van der Waals surface area contributed by atoms with Crippen LogP contribution in [0.3, 0.4) is 0 Å². The quantitative estimate of drug-likeness (QED) is 0.821. The molecule has 0 radical (unpaired) electrons. The van der Waals surface area contributed by atoms with Crippen molar-refractivity contribution in [1.29, 1.82) is 0 Å². The highest BCUT2D eigenvalue weighted by Crippen LogP contribution is 2.19. The van der Waals surface area contributed by atoms with Crippen LogP contribution in [0.4, 0.5) is 5.82 Å². The lowest BCUT2D eigenvalue weighted by molar-refractivity contribution is 0.274. The molecular weight excluding hydrogens is 314 g/mol. The van der Waals surface area contributed by atoms with Crippen LogP contribution < -0.4 is 10.6 Å². The number of hydrogen-bond donors (Lipinski definition) is 2. The summed E-state index contributed by atoms with van der Waals surface area (Å²) in [7, 11) is -3.03.